The van der Waals surface area contributed by atoms with E-state index in [9.17, 15) is 4.79 Å². The lowest BCUT2D eigenvalue weighted by Crippen LogP contribution is -2.37. The molecule has 0 bridgehead atoms. The number of pyridine rings is 1. The Morgan fingerprint density at radius 1 is 1.19 bits per heavy atom. The second-order valence-corrected chi connectivity index (χ2v) is 9.10. The van der Waals surface area contributed by atoms with Gasteiger partial charge in [0.25, 0.3) is 5.91 Å². The van der Waals surface area contributed by atoms with Crippen molar-refractivity contribution < 1.29 is 4.79 Å². The molecular weight excluding hydrogens is 356 g/mol. The molecule has 1 aliphatic carbocycles. The predicted octanol–water partition coefficient (Wildman–Crippen LogP) is 3.94. The van der Waals surface area contributed by atoms with Crippen LogP contribution in [-0.4, -0.2) is 38.5 Å². The van der Waals surface area contributed by atoms with Crippen LogP contribution in [0.4, 0.5) is 0 Å². The van der Waals surface area contributed by atoms with Gasteiger partial charge in [-0.15, -0.1) is 21.5 Å². The number of aryl methyl sites for hydroxylation is 1. The fourth-order valence-electron chi connectivity index (χ4n) is 4.45. The number of aromatic nitrogens is 3. The molecule has 1 unspecified atom stereocenters. The number of hydrogen-bond acceptors (Lipinski definition) is 4. The molecular formula is C21H24N4OS. The molecule has 3 aromatic rings. The maximum Gasteiger partial charge on any atom is 0.263 e. The van der Waals surface area contributed by atoms with Gasteiger partial charge in [0.05, 0.1) is 4.88 Å². The van der Waals surface area contributed by atoms with Crippen molar-refractivity contribution >= 4 is 22.9 Å². The standard InChI is InChI=1S/C21H24N4OS/c1-14-5-6-17-16(12-14)13-18(27-17)21(26)24-10-7-15(8-11-24)20-23-22-19-4-2-3-9-25(19)20/h2-4,9,13-15H,5-8,10-12H2,1H3. The Morgan fingerprint density at radius 3 is 2.89 bits per heavy atom. The lowest BCUT2D eigenvalue weighted by molar-refractivity contribution is 0.0715. The van der Waals surface area contributed by atoms with E-state index in [1.807, 2.05) is 29.3 Å². The van der Waals surface area contributed by atoms with E-state index < -0.39 is 0 Å². The summed E-state index contributed by atoms with van der Waals surface area (Å²) in [5.41, 5.74) is 2.30. The number of piperidine rings is 1. The fourth-order valence-corrected chi connectivity index (χ4v) is 5.62. The fraction of sp³-hybridized carbons (Fsp3) is 0.476. The maximum atomic E-state index is 13.0. The van der Waals surface area contributed by atoms with Crippen LogP contribution in [0.15, 0.2) is 30.5 Å². The van der Waals surface area contributed by atoms with E-state index in [4.69, 9.17) is 0 Å². The van der Waals surface area contributed by atoms with E-state index in [-0.39, 0.29) is 5.91 Å². The third kappa shape index (κ3) is 3.06. The van der Waals surface area contributed by atoms with Gasteiger partial charge in [-0.2, -0.15) is 0 Å². The van der Waals surface area contributed by atoms with Crippen molar-refractivity contribution in [3.8, 4) is 0 Å². The molecule has 0 radical (unpaired) electrons. The van der Waals surface area contributed by atoms with Gasteiger partial charge in [-0.1, -0.05) is 13.0 Å². The first-order chi connectivity index (χ1) is 13.2. The first-order valence-corrected chi connectivity index (χ1v) is 10.7. The van der Waals surface area contributed by atoms with Crippen molar-refractivity contribution in [2.24, 2.45) is 5.92 Å². The molecule has 1 fully saturated rings. The Labute approximate surface area is 163 Å². The van der Waals surface area contributed by atoms with Crippen molar-refractivity contribution in [2.45, 2.75) is 44.9 Å². The van der Waals surface area contributed by atoms with E-state index in [0.29, 0.717) is 5.92 Å². The second-order valence-electron chi connectivity index (χ2n) is 7.96. The van der Waals surface area contributed by atoms with Gasteiger partial charge >= 0.3 is 0 Å². The zero-order valence-corrected chi connectivity index (χ0v) is 16.4. The summed E-state index contributed by atoms with van der Waals surface area (Å²) >= 11 is 1.72. The summed E-state index contributed by atoms with van der Waals surface area (Å²) in [4.78, 5) is 17.4. The van der Waals surface area contributed by atoms with Gasteiger partial charge in [-0.25, -0.2) is 0 Å². The van der Waals surface area contributed by atoms with Crippen LogP contribution < -0.4 is 0 Å². The maximum absolute atomic E-state index is 13.0. The molecule has 1 amide bonds. The minimum absolute atomic E-state index is 0.214. The highest BCUT2D eigenvalue weighted by Crippen LogP contribution is 2.34. The molecule has 4 heterocycles. The normalized spacial score (nSPS) is 20.8. The van der Waals surface area contributed by atoms with Crippen molar-refractivity contribution in [1.29, 1.82) is 0 Å². The van der Waals surface area contributed by atoms with Gasteiger partial charge in [0.15, 0.2) is 5.65 Å². The third-order valence-corrected chi connectivity index (χ3v) is 7.25. The average Bonchev–Trinajstić information content (AvgIpc) is 3.31. The number of fused-ring (bicyclic) bond motifs is 2. The molecule has 1 atom stereocenters. The summed E-state index contributed by atoms with van der Waals surface area (Å²) in [5, 5.41) is 8.68. The number of carbonyl (C=O) groups is 1. The highest BCUT2D eigenvalue weighted by Gasteiger charge is 2.29. The van der Waals surface area contributed by atoms with E-state index >= 15 is 0 Å². The Balaban J connectivity index is 1.28. The molecule has 0 N–H and O–H groups in total. The summed E-state index contributed by atoms with van der Waals surface area (Å²) < 4.78 is 2.08. The van der Waals surface area contributed by atoms with Crippen LogP contribution in [0, 0.1) is 5.92 Å². The first kappa shape index (κ1) is 16.9. The van der Waals surface area contributed by atoms with E-state index in [1.165, 1.54) is 16.9 Å². The van der Waals surface area contributed by atoms with Crippen LogP contribution in [0.25, 0.3) is 5.65 Å². The Kier molecular flexibility index (Phi) is 4.23. The van der Waals surface area contributed by atoms with E-state index in [1.54, 1.807) is 11.3 Å². The van der Waals surface area contributed by atoms with Gasteiger partial charge in [0.2, 0.25) is 0 Å². The third-order valence-electron chi connectivity index (χ3n) is 6.03. The lowest BCUT2D eigenvalue weighted by atomic mass is 9.90. The summed E-state index contributed by atoms with van der Waals surface area (Å²) in [6.45, 7) is 3.90. The van der Waals surface area contributed by atoms with Crippen LogP contribution in [0.3, 0.4) is 0 Å². The van der Waals surface area contributed by atoms with E-state index in [0.717, 1.165) is 61.0 Å². The van der Waals surface area contributed by atoms with Gasteiger partial charge in [-0.3, -0.25) is 9.20 Å². The molecule has 27 heavy (non-hydrogen) atoms. The minimum atomic E-state index is 0.214. The van der Waals surface area contributed by atoms with Crippen LogP contribution in [0.2, 0.25) is 0 Å². The highest BCUT2D eigenvalue weighted by atomic mass is 32.1. The largest absolute Gasteiger partial charge is 0.338 e. The van der Waals surface area contributed by atoms with E-state index in [2.05, 4.69) is 27.6 Å². The zero-order valence-electron chi connectivity index (χ0n) is 15.6. The van der Waals surface area contributed by atoms with Crippen LogP contribution in [0.1, 0.15) is 58.0 Å². The zero-order chi connectivity index (χ0) is 18.4. The SMILES string of the molecule is CC1CCc2sc(C(=O)N3CCC(c4nnc5ccccn45)CC3)cc2C1. The molecule has 0 aromatic carbocycles. The Hall–Kier alpha value is -2.21. The number of hydrogen-bond donors (Lipinski definition) is 0. The molecule has 5 nitrogen and oxygen atoms in total. The van der Waals surface area contributed by atoms with Gasteiger partial charge in [0.1, 0.15) is 5.82 Å². The smallest absolute Gasteiger partial charge is 0.263 e. The summed E-state index contributed by atoms with van der Waals surface area (Å²) in [5.74, 6) is 2.34. The van der Waals surface area contributed by atoms with Crippen LogP contribution >= 0.6 is 11.3 Å². The van der Waals surface area contributed by atoms with Crippen molar-refractivity contribution in [2.75, 3.05) is 13.1 Å². The van der Waals surface area contributed by atoms with Crippen LogP contribution in [0.5, 0.6) is 0 Å². The molecule has 1 saturated heterocycles. The van der Waals surface area contributed by atoms with Gasteiger partial charge < -0.3 is 4.90 Å². The monoisotopic (exact) mass is 380 g/mol. The first-order valence-electron chi connectivity index (χ1n) is 9.89. The molecule has 6 heteroatoms. The number of thiophene rings is 1. The summed E-state index contributed by atoms with van der Waals surface area (Å²) in [6, 6.07) is 8.14. The number of rotatable bonds is 2. The lowest BCUT2D eigenvalue weighted by Gasteiger charge is -2.31. The summed E-state index contributed by atoms with van der Waals surface area (Å²) in [7, 11) is 0. The van der Waals surface area contributed by atoms with Crippen molar-refractivity contribution in [3.63, 3.8) is 0 Å². The number of carbonyl (C=O) groups excluding carboxylic acids is 1. The second kappa shape index (κ2) is 6.75. The molecule has 5 rings (SSSR count). The minimum Gasteiger partial charge on any atom is -0.338 e. The Morgan fingerprint density at radius 2 is 2.04 bits per heavy atom. The topological polar surface area (TPSA) is 50.5 Å². The van der Waals surface area contributed by atoms with Crippen molar-refractivity contribution in [3.05, 3.63) is 51.6 Å². The van der Waals surface area contributed by atoms with Crippen molar-refractivity contribution in [1.82, 2.24) is 19.5 Å². The molecule has 1 aliphatic heterocycles. The number of nitrogens with zero attached hydrogens (tertiary/aromatic N) is 4. The number of amides is 1. The molecule has 0 spiro atoms. The van der Waals surface area contributed by atoms with Crippen LogP contribution in [-0.2, 0) is 12.8 Å². The average molecular weight is 381 g/mol. The molecule has 140 valence electrons. The quantitative estimate of drug-likeness (QED) is 0.677. The number of likely N-dealkylation sites (tertiary alicyclic amines) is 1. The molecule has 2 aliphatic rings. The molecule has 0 saturated carbocycles. The predicted molar refractivity (Wildman–Crippen MR) is 106 cm³/mol. The highest BCUT2D eigenvalue weighted by molar-refractivity contribution is 7.14. The van der Waals surface area contributed by atoms with Gasteiger partial charge in [0, 0.05) is 30.1 Å². The summed E-state index contributed by atoms with van der Waals surface area (Å²) in [6.07, 6.45) is 7.43. The molecule has 3 aromatic heterocycles. The Bertz CT molecular complexity index is 983. The van der Waals surface area contributed by atoms with Gasteiger partial charge in [-0.05, 0) is 61.8 Å².